The zero-order valence-electron chi connectivity index (χ0n) is 16.3. The molecule has 0 spiro atoms. The molecule has 1 amide bonds. The average molecular weight is 404 g/mol. The minimum atomic E-state index is -0.756. The molecule has 28 heavy (non-hydrogen) atoms. The summed E-state index contributed by atoms with van der Waals surface area (Å²) < 4.78 is 9.73. The monoisotopic (exact) mass is 403 g/mol. The lowest BCUT2D eigenvalue weighted by Gasteiger charge is -2.21. The molecular formula is C21H25NO5S. The second kappa shape index (κ2) is 10.7. The Labute approximate surface area is 169 Å². The first kappa shape index (κ1) is 21.8. The van der Waals surface area contributed by atoms with Crippen molar-refractivity contribution in [2.24, 2.45) is 5.92 Å². The van der Waals surface area contributed by atoms with Crippen LogP contribution in [0, 0.1) is 5.92 Å². The van der Waals surface area contributed by atoms with Gasteiger partial charge in [0.15, 0.2) is 6.61 Å². The van der Waals surface area contributed by atoms with Crippen molar-refractivity contribution in [2.75, 3.05) is 19.5 Å². The van der Waals surface area contributed by atoms with Gasteiger partial charge < -0.3 is 14.8 Å². The van der Waals surface area contributed by atoms with Crippen LogP contribution in [0.15, 0.2) is 47.4 Å². The number of thioether (sulfide) groups is 1. The molecule has 0 aromatic heterocycles. The third kappa shape index (κ3) is 6.27. The Morgan fingerprint density at radius 2 is 1.82 bits per heavy atom. The summed E-state index contributed by atoms with van der Waals surface area (Å²) >= 11 is 1.35. The summed E-state index contributed by atoms with van der Waals surface area (Å²) in [6.07, 6.45) is 0.697. The van der Waals surface area contributed by atoms with E-state index in [9.17, 15) is 14.4 Å². The molecule has 0 saturated carbocycles. The molecule has 7 heteroatoms. The van der Waals surface area contributed by atoms with Crippen LogP contribution in [-0.4, -0.2) is 43.4 Å². The highest BCUT2D eigenvalue weighted by Gasteiger charge is 2.26. The van der Waals surface area contributed by atoms with E-state index in [1.54, 1.807) is 0 Å². The van der Waals surface area contributed by atoms with Crippen LogP contribution in [0.1, 0.15) is 20.3 Å². The van der Waals surface area contributed by atoms with Crippen molar-refractivity contribution in [1.82, 2.24) is 5.32 Å². The fourth-order valence-corrected chi connectivity index (χ4v) is 3.34. The number of amides is 1. The number of carbonyl (C=O) groups is 3. The molecule has 0 aliphatic rings. The van der Waals surface area contributed by atoms with E-state index in [1.807, 2.05) is 56.3 Å². The Bertz CT molecular complexity index is 838. The lowest BCUT2D eigenvalue weighted by molar-refractivity contribution is -0.149. The van der Waals surface area contributed by atoms with E-state index in [1.165, 1.54) is 18.9 Å². The maximum atomic E-state index is 12.0. The minimum absolute atomic E-state index is 0.0874. The van der Waals surface area contributed by atoms with E-state index >= 15 is 0 Å². The van der Waals surface area contributed by atoms with E-state index in [0.717, 1.165) is 15.7 Å². The van der Waals surface area contributed by atoms with Crippen LogP contribution >= 0.6 is 11.8 Å². The van der Waals surface area contributed by atoms with Gasteiger partial charge in [-0.25, -0.2) is 4.79 Å². The molecule has 1 N–H and O–H groups in total. The lowest BCUT2D eigenvalue weighted by Crippen LogP contribution is -2.47. The van der Waals surface area contributed by atoms with Crippen LogP contribution < -0.4 is 5.32 Å². The lowest BCUT2D eigenvalue weighted by atomic mass is 9.99. The van der Waals surface area contributed by atoms with Crippen molar-refractivity contribution in [3.05, 3.63) is 42.5 Å². The molecule has 2 atom stereocenters. The molecular weight excluding hydrogens is 378 g/mol. The Morgan fingerprint density at radius 1 is 1.11 bits per heavy atom. The Kier molecular flexibility index (Phi) is 8.32. The summed E-state index contributed by atoms with van der Waals surface area (Å²) in [5, 5.41) is 4.80. The smallest absolute Gasteiger partial charge is 0.328 e. The maximum Gasteiger partial charge on any atom is 0.328 e. The van der Waals surface area contributed by atoms with Crippen molar-refractivity contribution in [2.45, 2.75) is 31.2 Å². The zero-order chi connectivity index (χ0) is 20.5. The highest BCUT2D eigenvalue weighted by Crippen LogP contribution is 2.23. The second-order valence-corrected chi connectivity index (χ2v) is 7.46. The molecule has 0 bridgehead atoms. The molecule has 150 valence electrons. The number of hydrogen-bond donors (Lipinski definition) is 1. The third-order valence-corrected chi connectivity index (χ3v) is 5.39. The predicted molar refractivity (Wildman–Crippen MR) is 109 cm³/mol. The molecule has 2 aromatic carbocycles. The second-order valence-electron chi connectivity index (χ2n) is 6.41. The maximum absolute atomic E-state index is 12.0. The molecule has 0 fully saturated rings. The van der Waals surface area contributed by atoms with Gasteiger partial charge in [0, 0.05) is 4.90 Å². The van der Waals surface area contributed by atoms with Crippen LogP contribution in [-0.2, 0) is 23.9 Å². The van der Waals surface area contributed by atoms with Crippen LogP contribution in [0.5, 0.6) is 0 Å². The van der Waals surface area contributed by atoms with Gasteiger partial charge in [-0.1, -0.05) is 50.6 Å². The molecule has 6 nitrogen and oxygen atoms in total. The van der Waals surface area contributed by atoms with Gasteiger partial charge in [-0.05, 0) is 28.8 Å². The van der Waals surface area contributed by atoms with E-state index in [4.69, 9.17) is 9.47 Å². The number of rotatable bonds is 9. The predicted octanol–water partition coefficient (Wildman–Crippen LogP) is 3.18. The SMILES string of the molecule is CC[C@H](C)[C@H](NC(=O)COC(=O)CSc1ccc2ccccc2c1)C(=O)OC. The molecule has 0 radical (unpaired) electrons. The Balaban J connectivity index is 1.80. The van der Waals surface area contributed by atoms with Gasteiger partial charge in [-0.2, -0.15) is 0 Å². The number of hydrogen-bond acceptors (Lipinski definition) is 6. The molecule has 0 aliphatic carbocycles. The Morgan fingerprint density at radius 3 is 2.50 bits per heavy atom. The van der Waals surface area contributed by atoms with Crippen LogP contribution in [0.3, 0.4) is 0 Å². The normalized spacial score (nSPS) is 12.8. The van der Waals surface area contributed by atoms with Crippen molar-refractivity contribution in [1.29, 1.82) is 0 Å². The molecule has 0 saturated heterocycles. The van der Waals surface area contributed by atoms with Crippen molar-refractivity contribution < 1.29 is 23.9 Å². The van der Waals surface area contributed by atoms with Gasteiger partial charge >= 0.3 is 11.9 Å². The fourth-order valence-electron chi connectivity index (χ4n) is 2.60. The highest BCUT2D eigenvalue weighted by molar-refractivity contribution is 8.00. The van der Waals surface area contributed by atoms with Crippen LogP contribution in [0.4, 0.5) is 0 Å². The van der Waals surface area contributed by atoms with Crippen LogP contribution in [0.2, 0.25) is 0 Å². The van der Waals surface area contributed by atoms with Gasteiger partial charge in [0.1, 0.15) is 6.04 Å². The Hall–Kier alpha value is -2.54. The van der Waals surface area contributed by atoms with Gasteiger partial charge in [-0.15, -0.1) is 11.8 Å². The molecule has 0 heterocycles. The van der Waals surface area contributed by atoms with Gasteiger partial charge in [-0.3, -0.25) is 9.59 Å². The standard InChI is InChI=1S/C21H25NO5S/c1-4-14(2)20(21(25)26-3)22-18(23)12-27-19(24)13-28-17-10-9-15-7-5-6-8-16(15)11-17/h5-11,14,20H,4,12-13H2,1-3H3,(H,22,23)/t14-,20-/m0/s1. The molecule has 2 rings (SSSR count). The topological polar surface area (TPSA) is 81.7 Å². The zero-order valence-corrected chi connectivity index (χ0v) is 17.1. The van der Waals surface area contributed by atoms with Crippen molar-refractivity contribution in [3.63, 3.8) is 0 Å². The van der Waals surface area contributed by atoms with Crippen molar-refractivity contribution in [3.8, 4) is 0 Å². The summed E-state index contributed by atoms with van der Waals surface area (Å²) in [6.45, 7) is 3.33. The van der Waals surface area contributed by atoms with E-state index in [2.05, 4.69) is 5.32 Å². The third-order valence-electron chi connectivity index (χ3n) is 4.43. The summed E-state index contributed by atoms with van der Waals surface area (Å²) in [4.78, 5) is 36.7. The number of esters is 2. The first-order chi connectivity index (χ1) is 13.4. The van der Waals surface area contributed by atoms with E-state index < -0.39 is 30.5 Å². The summed E-state index contributed by atoms with van der Waals surface area (Å²) in [5.41, 5.74) is 0. The number of carbonyl (C=O) groups excluding carboxylic acids is 3. The highest BCUT2D eigenvalue weighted by atomic mass is 32.2. The molecule has 0 unspecified atom stereocenters. The number of methoxy groups -OCH3 is 1. The van der Waals surface area contributed by atoms with Gasteiger partial charge in [0.05, 0.1) is 12.9 Å². The number of ether oxygens (including phenoxy) is 2. The summed E-state index contributed by atoms with van der Waals surface area (Å²) in [5.74, 6) is -1.53. The van der Waals surface area contributed by atoms with Gasteiger partial charge in [0.25, 0.3) is 5.91 Å². The van der Waals surface area contributed by atoms with Crippen LogP contribution in [0.25, 0.3) is 10.8 Å². The van der Waals surface area contributed by atoms with E-state index in [-0.39, 0.29) is 11.7 Å². The van der Waals surface area contributed by atoms with Gasteiger partial charge in [0.2, 0.25) is 0 Å². The quantitative estimate of drug-likeness (QED) is 0.512. The fraction of sp³-hybridized carbons (Fsp3) is 0.381. The summed E-state index contributed by atoms with van der Waals surface area (Å²) in [6, 6.07) is 13.2. The number of benzene rings is 2. The van der Waals surface area contributed by atoms with E-state index in [0.29, 0.717) is 6.42 Å². The number of nitrogens with one attached hydrogen (secondary N) is 1. The molecule has 0 aliphatic heterocycles. The number of fused-ring (bicyclic) bond motifs is 1. The van der Waals surface area contributed by atoms with Crippen molar-refractivity contribution >= 4 is 40.4 Å². The first-order valence-electron chi connectivity index (χ1n) is 9.09. The largest absolute Gasteiger partial charge is 0.467 e. The average Bonchev–Trinajstić information content (AvgIpc) is 2.73. The summed E-state index contributed by atoms with van der Waals surface area (Å²) in [7, 11) is 1.27. The first-order valence-corrected chi connectivity index (χ1v) is 10.1. The minimum Gasteiger partial charge on any atom is -0.467 e. The molecule has 2 aromatic rings.